The van der Waals surface area contributed by atoms with Crippen LogP contribution >= 0.6 is 23.4 Å². The maximum atomic E-state index is 12.5. The molecule has 0 bridgehead atoms. The van der Waals surface area contributed by atoms with Crippen molar-refractivity contribution in [2.75, 3.05) is 12.8 Å². The third-order valence-electron chi connectivity index (χ3n) is 2.75. The molecule has 19 heavy (non-hydrogen) atoms. The number of nitrogens with zero attached hydrogens (tertiary/aromatic N) is 1. The van der Waals surface area contributed by atoms with Crippen molar-refractivity contribution in [1.29, 1.82) is 0 Å². The van der Waals surface area contributed by atoms with E-state index in [0.717, 1.165) is 4.90 Å². The van der Waals surface area contributed by atoms with Gasteiger partial charge in [-0.3, -0.25) is 4.79 Å². The monoisotopic (exact) mass is 301 g/mol. The van der Waals surface area contributed by atoms with Gasteiger partial charge in [0.05, 0.1) is 16.7 Å². The van der Waals surface area contributed by atoms with Crippen LogP contribution in [0, 0.1) is 0 Å². The van der Waals surface area contributed by atoms with Gasteiger partial charge < -0.3 is 10.0 Å². The van der Waals surface area contributed by atoms with Crippen LogP contribution < -0.4 is 0 Å². The Labute approximate surface area is 123 Å². The summed E-state index contributed by atoms with van der Waals surface area (Å²) in [4.78, 5) is 15.2. The number of amides is 1. The largest absolute Gasteiger partial charge is 0.392 e. The fourth-order valence-electron chi connectivity index (χ4n) is 1.76. The molecule has 0 aliphatic rings. The lowest BCUT2D eigenvalue weighted by molar-refractivity contribution is 0.0578. The molecular formula is C14H20ClNO2S. The smallest absolute Gasteiger partial charge is 0.255 e. The highest BCUT2D eigenvalue weighted by Crippen LogP contribution is 2.24. The number of halogens is 1. The van der Waals surface area contributed by atoms with E-state index in [1.165, 1.54) is 0 Å². The van der Waals surface area contributed by atoms with E-state index >= 15 is 0 Å². The first-order chi connectivity index (χ1) is 8.86. The zero-order chi connectivity index (χ0) is 14.6. The Balaban J connectivity index is 3.08. The predicted molar refractivity (Wildman–Crippen MR) is 81.1 cm³/mol. The van der Waals surface area contributed by atoms with Gasteiger partial charge in [-0.2, -0.15) is 0 Å². The van der Waals surface area contributed by atoms with Crippen LogP contribution in [0.5, 0.6) is 0 Å². The second-order valence-corrected chi connectivity index (χ2v) is 6.03. The Kier molecular flexibility index (Phi) is 6.17. The van der Waals surface area contributed by atoms with Crippen molar-refractivity contribution in [2.24, 2.45) is 0 Å². The van der Waals surface area contributed by atoms with E-state index in [1.807, 2.05) is 26.2 Å². The van der Waals surface area contributed by atoms with Gasteiger partial charge in [0, 0.05) is 17.5 Å². The summed E-state index contributed by atoms with van der Waals surface area (Å²) in [5.74, 6) is -0.142. The molecule has 0 aliphatic carbocycles. The van der Waals surface area contributed by atoms with Crippen LogP contribution in [0.15, 0.2) is 23.1 Å². The maximum absolute atomic E-state index is 12.5. The first-order valence-electron chi connectivity index (χ1n) is 6.19. The molecular weight excluding hydrogens is 282 g/mol. The molecule has 0 saturated heterocycles. The normalized spacial score (nSPS) is 12.6. The standard InChI is InChI=1S/C14H20ClNO2S/c1-9(2)16(8-10(3)17)14(18)12-7-11(19-4)5-6-13(12)15/h5-7,9-10,17H,8H2,1-4H3. The molecule has 1 amide bonds. The first-order valence-corrected chi connectivity index (χ1v) is 7.79. The van der Waals surface area contributed by atoms with Gasteiger partial charge in [0.2, 0.25) is 0 Å². The maximum Gasteiger partial charge on any atom is 0.255 e. The lowest BCUT2D eigenvalue weighted by atomic mass is 10.1. The van der Waals surface area contributed by atoms with Gasteiger partial charge in [0.15, 0.2) is 0 Å². The third-order valence-corrected chi connectivity index (χ3v) is 3.80. The summed E-state index contributed by atoms with van der Waals surface area (Å²) in [6.45, 7) is 5.82. The minimum atomic E-state index is -0.561. The second-order valence-electron chi connectivity index (χ2n) is 4.75. The Bertz CT molecular complexity index is 449. The molecule has 1 atom stereocenters. The van der Waals surface area contributed by atoms with Gasteiger partial charge >= 0.3 is 0 Å². The van der Waals surface area contributed by atoms with E-state index in [-0.39, 0.29) is 11.9 Å². The molecule has 1 unspecified atom stereocenters. The van der Waals surface area contributed by atoms with Crippen LogP contribution in [0.2, 0.25) is 5.02 Å². The number of hydrogen-bond donors (Lipinski definition) is 1. The summed E-state index contributed by atoms with van der Waals surface area (Å²) in [6, 6.07) is 5.43. The molecule has 0 radical (unpaired) electrons. The van der Waals surface area contributed by atoms with Gasteiger partial charge in [-0.15, -0.1) is 11.8 Å². The van der Waals surface area contributed by atoms with Crippen molar-refractivity contribution in [2.45, 2.75) is 37.8 Å². The Morgan fingerprint density at radius 1 is 1.42 bits per heavy atom. The SMILES string of the molecule is CSc1ccc(Cl)c(C(=O)N(CC(C)O)C(C)C)c1. The molecule has 0 fully saturated rings. The molecule has 0 saturated carbocycles. The molecule has 3 nitrogen and oxygen atoms in total. The highest BCUT2D eigenvalue weighted by Gasteiger charge is 2.22. The first kappa shape index (κ1) is 16.3. The number of rotatable bonds is 5. The molecule has 1 aromatic carbocycles. The molecule has 1 aromatic rings. The van der Waals surface area contributed by atoms with Gasteiger partial charge in [0.1, 0.15) is 0 Å². The number of thioether (sulfide) groups is 1. The van der Waals surface area contributed by atoms with Gasteiger partial charge in [-0.1, -0.05) is 11.6 Å². The minimum absolute atomic E-state index is 0.0103. The molecule has 0 heterocycles. The molecule has 0 aliphatic heterocycles. The average molecular weight is 302 g/mol. The summed E-state index contributed by atoms with van der Waals surface area (Å²) in [5, 5.41) is 9.95. The molecule has 106 valence electrons. The number of hydrogen-bond acceptors (Lipinski definition) is 3. The summed E-state index contributed by atoms with van der Waals surface area (Å²) in [6.07, 6.45) is 1.39. The summed E-state index contributed by atoms with van der Waals surface area (Å²) in [5.41, 5.74) is 0.489. The summed E-state index contributed by atoms with van der Waals surface area (Å²) in [7, 11) is 0. The average Bonchev–Trinajstić information content (AvgIpc) is 2.35. The van der Waals surface area contributed by atoms with E-state index in [0.29, 0.717) is 17.1 Å². The molecule has 1 rings (SSSR count). The topological polar surface area (TPSA) is 40.5 Å². The molecule has 0 spiro atoms. The fraction of sp³-hybridized carbons (Fsp3) is 0.500. The number of aliphatic hydroxyl groups excluding tert-OH is 1. The van der Waals surface area contributed by atoms with Crippen molar-refractivity contribution in [3.8, 4) is 0 Å². The van der Waals surface area contributed by atoms with Crippen LogP contribution in [0.1, 0.15) is 31.1 Å². The van der Waals surface area contributed by atoms with Crippen LogP contribution in [0.3, 0.4) is 0 Å². The van der Waals surface area contributed by atoms with Crippen LogP contribution in [-0.4, -0.2) is 40.9 Å². The van der Waals surface area contributed by atoms with Crippen molar-refractivity contribution < 1.29 is 9.90 Å². The van der Waals surface area contributed by atoms with Gasteiger partial charge in [-0.25, -0.2) is 0 Å². The third kappa shape index (κ3) is 4.41. The zero-order valence-corrected chi connectivity index (χ0v) is 13.3. The molecule has 5 heteroatoms. The van der Waals surface area contributed by atoms with Crippen molar-refractivity contribution in [3.05, 3.63) is 28.8 Å². The lowest BCUT2D eigenvalue weighted by Crippen LogP contribution is -2.41. The second kappa shape index (κ2) is 7.17. The van der Waals surface area contributed by atoms with Crippen LogP contribution in [-0.2, 0) is 0 Å². The lowest BCUT2D eigenvalue weighted by Gasteiger charge is -2.28. The van der Waals surface area contributed by atoms with E-state index in [9.17, 15) is 9.90 Å². The predicted octanol–water partition coefficient (Wildman–Crippen LogP) is 3.29. The van der Waals surface area contributed by atoms with Crippen molar-refractivity contribution >= 4 is 29.3 Å². The number of carbonyl (C=O) groups is 1. The van der Waals surface area contributed by atoms with Crippen LogP contribution in [0.25, 0.3) is 0 Å². The number of benzene rings is 1. The Morgan fingerprint density at radius 2 is 2.05 bits per heavy atom. The van der Waals surface area contributed by atoms with Gasteiger partial charge in [0.25, 0.3) is 5.91 Å². The van der Waals surface area contributed by atoms with E-state index in [1.54, 1.807) is 35.7 Å². The summed E-state index contributed by atoms with van der Waals surface area (Å²) < 4.78 is 0. The quantitative estimate of drug-likeness (QED) is 0.848. The highest BCUT2D eigenvalue weighted by molar-refractivity contribution is 7.98. The van der Waals surface area contributed by atoms with Crippen molar-refractivity contribution in [3.63, 3.8) is 0 Å². The Hall–Kier alpha value is -0.710. The van der Waals surface area contributed by atoms with Crippen LogP contribution in [0.4, 0.5) is 0 Å². The van der Waals surface area contributed by atoms with E-state index in [2.05, 4.69) is 0 Å². The Morgan fingerprint density at radius 3 is 2.53 bits per heavy atom. The van der Waals surface area contributed by atoms with Gasteiger partial charge in [-0.05, 0) is 45.2 Å². The molecule has 0 aromatic heterocycles. The summed E-state index contributed by atoms with van der Waals surface area (Å²) >= 11 is 7.68. The number of aliphatic hydroxyl groups is 1. The van der Waals surface area contributed by atoms with E-state index < -0.39 is 6.10 Å². The fourth-order valence-corrected chi connectivity index (χ4v) is 2.40. The zero-order valence-electron chi connectivity index (χ0n) is 11.7. The van der Waals surface area contributed by atoms with E-state index in [4.69, 9.17) is 11.6 Å². The molecule has 1 N–H and O–H groups in total. The van der Waals surface area contributed by atoms with Crippen molar-refractivity contribution in [1.82, 2.24) is 4.90 Å². The minimum Gasteiger partial charge on any atom is -0.392 e. The highest BCUT2D eigenvalue weighted by atomic mass is 35.5. The number of carbonyl (C=O) groups excluding carboxylic acids is 1.